The molecule has 1 aromatic rings. The van der Waals surface area contributed by atoms with Gasteiger partial charge in [-0.3, -0.25) is 14.9 Å². The van der Waals surface area contributed by atoms with Gasteiger partial charge in [-0.05, 0) is 30.4 Å². The molecule has 158 valence electrons. The van der Waals surface area contributed by atoms with E-state index in [0.29, 0.717) is 49.3 Å². The minimum absolute atomic E-state index is 0. The summed E-state index contributed by atoms with van der Waals surface area (Å²) in [6, 6.07) is 4.75. The predicted molar refractivity (Wildman–Crippen MR) is 113 cm³/mol. The second-order valence-corrected chi connectivity index (χ2v) is 7.31. The lowest BCUT2D eigenvalue weighted by Crippen LogP contribution is -2.39. The van der Waals surface area contributed by atoms with Crippen LogP contribution in [0.4, 0.5) is 11.4 Å². The van der Waals surface area contributed by atoms with Gasteiger partial charge in [-0.25, -0.2) is 0 Å². The van der Waals surface area contributed by atoms with Gasteiger partial charge in [0.25, 0.3) is 11.6 Å². The summed E-state index contributed by atoms with van der Waals surface area (Å²) in [6.45, 7) is 8.29. The Kier molecular flexibility index (Phi) is 10.2. The van der Waals surface area contributed by atoms with Crippen molar-refractivity contribution in [1.29, 1.82) is 0 Å². The standard InChI is InChI=1S/C19H30N4O4.ClH/c1-14-10-15(2)13-22(12-14)17-5-4-16(11-18(17)23(25)26)19(24)21-7-6-20-8-9-27-3;/h4-5,11,14-15,20H,6-10,12-13H2,1-3H3,(H,21,24);1H. The van der Waals surface area contributed by atoms with Gasteiger partial charge in [-0.15, -0.1) is 12.4 Å². The van der Waals surface area contributed by atoms with Crippen molar-refractivity contribution in [2.45, 2.75) is 20.3 Å². The average Bonchev–Trinajstić information content (AvgIpc) is 2.63. The molecule has 2 unspecified atom stereocenters. The van der Waals surface area contributed by atoms with Crippen LogP contribution < -0.4 is 15.5 Å². The lowest BCUT2D eigenvalue weighted by molar-refractivity contribution is -0.384. The molecule has 2 rings (SSSR count). The number of hydrogen-bond donors (Lipinski definition) is 2. The van der Waals surface area contributed by atoms with Crippen LogP contribution in [0.1, 0.15) is 30.6 Å². The first-order chi connectivity index (χ1) is 12.9. The normalized spacial score (nSPS) is 19.0. The third kappa shape index (κ3) is 6.92. The average molecular weight is 415 g/mol. The van der Waals surface area contributed by atoms with E-state index < -0.39 is 4.92 Å². The maximum atomic E-state index is 12.3. The van der Waals surface area contributed by atoms with E-state index in [9.17, 15) is 14.9 Å². The molecule has 1 fully saturated rings. The van der Waals surface area contributed by atoms with Gasteiger partial charge < -0.3 is 20.3 Å². The second-order valence-electron chi connectivity index (χ2n) is 7.31. The van der Waals surface area contributed by atoms with E-state index in [0.717, 1.165) is 19.5 Å². The summed E-state index contributed by atoms with van der Waals surface area (Å²) in [6.07, 6.45) is 1.13. The zero-order valence-electron chi connectivity index (χ0n) is 16.8. The number of hydrogen-bond acceptors (Lipinski definition) is 6. The van der Waals surface area contributed by atoms with Crippen LogP contribution in [0.2, 0.25) is 0 Å². The van der Waals surface area contributed by atoms with Gasteiger partial charge in [-0.1, -0.05) is 13.8 Å². The maximum absolute atomic E-state index is 12.3. The van der Waals surface area contributed by atoms with Crippen molar-refractivity contribution < 1.29 is 14.5 Å². The molecule has 8 nitrogen and oxygen atoms in total. The molecule has 9 heteroatoms. The molecule has 0 saturated carbocycles. The lowest BCUT2D eigenvalue weighted by atomic mass is 9.91. The number of halogens is 1. The summed E-state index contributed by atoms with van der Waals surface area (Å²) in [5, 5.41) is 17.5. The largest absolute Gasteiger partial charge is 0.383 e. The fraction of sp³-hybridized carbons (Fsp3) is 0.632. The van der Waals surface area contributed by atoms with E-state index in [1.807, 2.05) is 0 Å². The number of nitro benzene ring substituents is 1. The quantitative estimate of drug-likeness (QED) is 0.366. The SMILES string of the molecule is COCCNCCNC(=O)c1ccc(N2CC(C)CC(C)C2)c([N+](=O)[O-])c1.Cl. The molecule has 0 aromatic heterocycles. The molecule has 1 aromatic carbocycles. The summed E-state index contributed by atoms with van der Waals surface area (Å²) < 4.78 is 4.93. The van der Waals surface area contributed by atoms with Crippen LogP contribution in [0.15, 0.2) is 18.2 Å². The summed E-state index contributed by atoms with van der Waals surface area (Å²) >= 11 is 0. The van der Waals surface area contributed by atoms with Crippen molar-refractivity contribution in [3.8, 4) is 0 Å². The van der Waals surface area contributed by atoms with Gasteiger partial charge >= 0.3 is 0 Å². The fourth-order valence-corrected chi connectivity index (χ4v) is 3.60. The lowest BCUT2D eigenvalue weighted by Gasteiger charge is -2.36. The van der Waals surface area contributed by atoms with Gasteiger partial charge in [0.15, 0.2) is 0 Å². The van der Waals surface area contributed by atoms with E-state index in [1.165, 1.54) is 6.07 Å². The van der Waals surface area contributed by atoms with E-state index in [-0.39, 0.29) is 24.0 Å². The number of amides is 1. The number of anilines is 1. The Morgan fingerprint density at radius 2 is 1.93 bits per heavy atom. The predicted octanol–water partition coefficient (Wildman–Crippen LogP) is 2.46. The molecule has 0 aliphatic carbocycles. The highest BCUT2D eigenvalue weighted by Crippen LogP contribution is 2.33. The Hall–Kier alpha value is -1.90. The highest BCUT2D eigenvalue weighted by Gasteiger charge is 2.27. The minimum atomic E-state index is -0.400. The summed E-state index contributed by atoms with van der Waals surface area (Å²) in [7, 11) is 1.63. The van der Waals surface area contributed by atoms with Crippen LogP contribution in [0.25, 0.3) is 0 Å². The van der Waals surface area contributed by atoms with Crippen LogP contribution in [0.3, 0.4) is 0 Å². The first-order valence-corrected chi connectivity index (χ1v) is 9.43. The first-order valence-electron chi connectivity index (χ1n) is 9.43. The monoisotopic (exact) mass is 414 g/mol. The molecule has 1 saturated heterocycles. The molecule has 2 atom stereocenters. The van der Waals surface area contributed by atoms with Crippen LogP contribution in [-0.2, 0) is 4.74 Å². The highest BCUT2D eigenvalue weighted by atomic mass is 35.5. The van der Waals surface area contributed by atoms with Crippen molar-refractivity contribution in [3.63, 3.8) is 0 Å². The number of nitrogens with one attached hydrogen (secondary N) is 2. The Balaban J connectivity index is 0.00000392. The molecule has 1 aliphatic heterocycles. The molecule has 1 aliphatic rings. The molecule has 0 spiro atoms. The Morgan fingerprint density at radius 3 is 2.54 bits per heavy atom. The Bertz CT molecular complexity index is 649. The number of carbonyl (C=O) groups is 1. The molecule has 2 N–H and O–H groups in total. The topological polar surface area (TPSA) is 96.7 Å². The molecule has 0 radical (unpaired) electrons. The summed E-state index contributed by atoms with van der Waals surface area (Å²) in [5.74, 6) is 0.669. The number of rotatable bonds is 9. The highest BCUT2D eigenvalue weighted by molar-refractivity contribution is 5.95. The van der Waals surface area contributed by atoms with Crippen LogP contribution in [0.5, 0.6) is 0 Å². The number of ether oxygens (including phenoxy) is 1. The van der Waals surface area contributed by atoms with Crippen molar-refractivity contribution >= 4 is 29.7 Å². The first kappa shape index (κ1) is 24.1. The van der Waals surface area contributed by atoms with Gasteiger partial charge in [-0.2, -0.15) is 0 Å². The zero-order chi connectivity index (χ0) is 19.8. The van der Waals surface area contributed by atoms with Gasteiger partial charge in [0, 0.05) is 51.5 Å². The van der Waals surface area contributed by atoms with E-state index in [4.69, 9.17) is 4.74 Å². The van der Waals surface area contributed by atoms with Crippen molar-refractivity contribution in [3.05, 3.63) is 33.9 Å². The third-order valence-corrected chi connectivity index (χ3v) is 4.71. The molecular weight excluding hydrogens is 384 g/mol. The molecule has 28 heavy (non-hydrogen) atoms. The molecule has 1 amide bonds. The Labute approximate surface area is 172 Å². The molecule has 0 bridgehead atoms. The number of piperidine rings is 1. The second kappa shape index (κ2) is 11.8. The van der Waals surface area contributed by atoms with Crippen LogP contribution in [0, 0.1) is 22.0 Å². The minimum Gasteiger partial charge on any atom is -0.383 e. The van der Waals surface area contributed by atoms with Gasteiger partial charge in [0.05, 0.1) is 11.5 Å². The third-order valence-electron chi connectivity index (χ3n) is 4.71. The molecular formula is C19H31ClN4O4. The number of nitro groups is 1. The van der Waals surface area contributed by atoms with Crippen molar-refractivity contribution in [2.75, 3.05) is 51.3 Å². The van der Waals surface area contributed by atoms with Crippen LogP contribution in [-0.4, -0.2) is 57.3 Å². The van der Waals surface area contributed by atoms with Gasteiger partial charge in [0.1, 0.15) is 5.69 Å². The van der Waals surface area contributed by atoms with Crippen molar-refractivity contribution in [2.24, 2.45) is 11.8 Å². The smallest absolute Gasteiger partial charge is 0.293 e. The fourth-order valence-electron chi connectivity index (χ4n) is 3.60. The number of methoxy groups -OCH3 is 1. The Morgan fingerprint density at radius 1 is 1.25 bits per heavy atom. The van der Waals surface area contributed by atoms with E-state index in [1.54, 1.807) is 19.2 Å². The summed E-state index contributed by atoms with van der Waals surface area (Å²) in [4.78, 5) is 25.6. The van der Waals surface area contributed by atoms with Gasteiger partial charge in [0.2, 0.25) is 0 Å². The van der Waals surface area contributed by atoms with Crippen LogP contribution >= 0.6 is 12.4 Å². The van der Waals surface area contributed by atoms with Crippen molar-refractivity contribution in [1.82, 2.24) is 10.6 Å². The number of carbonyl (C=O) groups excluding carboxylic acids is 1. The van der Waals surface area contributed by atoms with E-state index in [2.05, 4.69) is 29.4 Å². The maximum Gasteiger partial charge on any atom is 0.293 e. The zero-order valence-corrected chi connectivity index (χ0v) is 17.6. The number of benzene rings is 1. The molecule has 1 heterocycles. The number of nitrogens with zero attached hydrogens (tertiary/aromatic N) is 2. The van der Waals surface area contributed by atoms with E-state index >= 15 is 0 Å². The summed E-state index contributed by atoms with van der Waals surface area (Å²) in [5.41, 5.74) is 0.888.